The van der Waals surface area contributed by atoms with Gasteiger partial charge in [-0.2, -0.15) is 0 Å². The number of anilines is 1. The summed E-state index contributed by atoms with van der Waals surface area (Å²) in [6.45, 7) is 8.12. The minimum atomic E-state index is -4.23. The summed E-state index contributed by atoms with van der Waals surface area (Å²) in [6.07, 6.45) is 0.233. The highest BCUT2D eigenvalue weighted by molar-refractivity contribution is 7.92. The van der Waals surface area contributed by atoms with E-state index in [4.69, 9.17) is 9.47 Å². The minimum absolute atomic E-state index is 0.00851. The molecule has 2 amide bonds. The molecule has 0 fully saturated rings. The molecule has 0 aliphatic heterocycles. The number of hydrogen-bond donors (Lipinski definition) is 1. The molecule has 0 saturated heterocycles. The lowest BCUT2D eigenvalue weighted by molar-refractivity contribution is -0.140. The first kappa shape index (κ1) is 36.0. The molecule has 0 aliphatic rings. The molecular formula is C38H45N3O6S. The van der Waals surface area contributed by atoms with Crippen LogP contribution in [0.4, 0.5) is 5.69 Å². The van der Waals surface area contributed by atoms with Crippen LogP contribution in [0.5, 0.6) is 11.5 Å². The van der Waals surface area contributed by atoms with Gasteiger partial charge in [0.15, 0.2) is 0 Å². The van der Waals surface area contributed by atoms with Gasteiger partial charge in [0.05, 0.1) is 24.3 Å². The fourth-order valence-corrected chi connectivity index (χ4v) is 6.60. The van der Waals surface area contributed by atoms with Crippen LogP contribution in [0.1, 0.15) is 37.5 Å². The Kier molecular flexibility index (Phi) is 12.6. The van der Waals surface area contributed by atoms with Gasteiger partial charge in [0.2, 0.25) is 11.8 Å². The Morgan fingerprint density at radius 3 is 2.12 bits per heavy atom. The van der Waals surface area contributed by atoms with Crippen molar-refractivity contribution < 1.29 is 27.5 Å². The second kappa shape index (κ2) is 16.8. The van der Waals surface area contributed by atoms with E-state index in [1.807, 2.05) is 70.2 Å². The molecule has 4 aromatic carbocycles. The Hall–Kier alpha value is -4.83. The average Bonchev–Trinajstić information content (AvgIpc) is 3.09. The summed E-state index contributed by atoms with van der Waals surface area (Å²) >= 11 is 0. The third-order valence-corrected chi connectivity index (χ3v) is 9.55. The number of amides is 2. The van der Waals surface area contributed by atoms with E-state index in [9.17, 15) is 18.0 Å². The third-order valence-electron chi connectivity index (χ3n) is 7.77. The number of carbonyl (C=O) groups is 2. The maximum atomic E-state index is 14.6. The van der Waals surface area contributed by atoms with Crippen molar-refractivity contribution in [1.82, 2.24) is 10.2 Å². The zero-order valence-corrected chi connectivity index (χ0v) is 29.1. The van der Waals surface area contributed by atoms with Crippen molar-refractivity contribution in [2.24, 2.45) is 5.92 Å². The molecule has 1 atom stereocenters. The van der Waals surface area contributed by atoms with Gasteiger partial charge in [0.25, 0.3) is 10.0 Å². The van der Waals surface area contributed by atoms with E-state index in [2.05, 4.69) is 5.32 Å². The second-order valence-corrected chi connectivity index (χ2v) is 13.8. The Bertz CT molecular complexity index is 1740. The van der Waals surface area contributed by atoms with E-state index in [1.54, 1.807) is 55.6 Å². The number of benzene rings is 4. The van der Waals surface area contributed by atoms with Crippen LogP contribution in [0.3, 0.4) is 0 Å². The summed E-state index contributed by atoms with van der Waals surface area (Å²) in [5.74, 6) is 0.469. The van der Waals surface area contributed by atoms with Gasteiger partial charge in [0, 0.05) is 19.5 Å². The van der Waals surface area contributed by atoms with Crippen LogP contribution in [0.15, 0.2) is 108 Å². The first-order valence-corrected chi connectivity index (χ1v) is 17.5. The molecule has 0 radical (unpaired) electrons. The van der Waals surface area contributed by atoms with Gasteiger partial charge in [0.1, 0.15) is 24.1 Å². The second-order valence-electron chi connectivity index (χ2n) is 12.0. The zero-order chi connectivity index (χ0) is 34.7. The quantitative estimate of drug-likeness (QED) is 0.157. The summed E-state index contributed by atoms with van der Waals surface area (Å²) in [5, 5.41) is 3.01. The van der Waals surface area contributed by atoms with Crippen molar-refractivity contribution in [3.63, 3.8) is 0 Å². The van der Waals surface area contributed by atoms with Gasteiger partial charge >= 0.3 is 0 Å². The lowest BCUT2D eigenvalue weighted by Crippen LogP contribution is -2.53. The number of aryl methyl sites for hydroxylation is 1. The number of hydrogen-bond acceptors (Lipinski definition) is 6. The third kappa shape index (κ3) is 9.60. The van der Waals surface area contributed by atoms with Gasteiger partial charge in [-0.05, 0) is 79.4 Å². The number of nitrogens with zero attached hydrogens (tertiary/aromatic N) is 2. The van der Waals surface area contributed by atoms with Crippen LogP contribution in [-0.2, 0) is 32.6 Å². The molecule has 0 aromatic heterocycles. The number of carbonyl (C=O) groups excluding carboxylic acids is 2. The number of nitrogens with one attached hydrogen (secondary N) is 1. The lowest BCUT2D eigenvalue weighted by Gasteiger charge is -2.34. The highest BCUT2D eigenvalue weighted by Crippen LogP contribution is 2.27. The van der Waals surface area contributed by atoms with Crippen molar-refractivity contribution in [3.05, 3.63) is 120 Å². The Morgan fingerprint density at radius 2 is 1.50 bits per heavy atom. The molecule has 4 aromatic rings. The highest BCUT2D eigenvalue weighted by atomic mass is 32.2. The predicted molar refractivity (Wildman–Crippen MR) is 189 cm³/mol. The van der Waals surface area contributed by atoms with Crippen molar-refractivity contribution in [2.45, 2.75) is 51.6 Å². The Labute approximate surface area is 284 Å². The molecule has 4 rings (SSSR count). The number of sulfonamides is 1. The molecule has 0 saturated carbocycles. The van der Waals surface area contributed by atoms with Crippen LogP contribution in [-0.4, -0.2) is 58.0 Å². The molecule has 0 spiro atoms. The number of ether oxygens (including phenoxy) is 2. The minimum Gasteiger partial charge on any atom is -0.497 e. The van der Waals surface area contributed by atoms with Gasteiger partial charge in [-0.3, -0.25) is 13.9 Å². The summed E-state index contributed by atoms with van der Waals surface area (Å²) < 4.78 is 40.6. The molecule has 1 unspecified atom stereocenters. The van der Waals surface area contributed by atoms with E-state index in [1.165, 1.54) is 17.0 Å². The smallest absolute Gasteiger partial charge is 0.264 e. The molecule has 254 valence electrons. The fourth-order valence-electron chi connectivity index (χ4n) is 5.19. The maximum Gasteiger partial charge on any atom is 0.264 e. The van der Waals surface area contributed by atoms with Crippen molar-refractivity contribution in [2.75, 3.05) is 31.1 Å². The molecule has 10 heteroatoms. The van der Waals surface area contributed by atoms with E-state index in [-0.39, 0.29) is 29.7 Å². The van der Waals surface area contributed by atoms with Gasteiger partial charge < -0.3 is 19.7 Å². The fraction of sp³-hybridized carbons (Fsp3) is 0.316. The standard InChI is InChI=1S/C38H45N3O6S/c1-6-47-33-19-21-35(22-20-33)48(44,45)41(32-17-15-29(4)16-18-32)27-37(42)40(26-31-13-10-14-34(23-31)46-5)36(38(43)39-25-28(2)3)24-30-11-8-7-9-12-30/h7-23,28,36H,6,24-27H2,1-5H3,(H,39,43). The molecular weight excluding hydrogens is 627 g/mol. The summed E-state index contributed by atoms with van der Waals surface area (Å²) in [6, 6.07) is 28.9. The number of methoxy groups -OCH3 is 1. The van der Waals surface area contributed by atoms with Crippen LogP contribution in [0.25, 0.3) is 0 Å². The van der Waals surface area contributed by atoms with Crippen molar-refractivity contribution in [1.29, 1.82) is 0 Å². The highest BCUT2D eigenvalue weighted by Gasteiger charge is 2.34. The molecule has 0 bridgehead atoms. The van der Waals surface area contributed by atoms with Crippen molar-refractivity contribution >= 4 is 27.5 Å². The SMILES string of the molecule is CCOc1ccc(S(=O)(=O)N(CC(=O)N(Cc2cccc(OC)c2)C(Cc2ccccc2)C(=O)NCC(C)C)c2ccc(C)cc2)cc1. The van der Waals surface area contributed by atoms with Crippen molar-refractivity contribution in [3.8, 4) is 11.5 Å². The molecule has 0 aliphatic carbocycles. The maximum absolute atomic E-state index is 14.6. The first-order valence-electron chi connectivity index (χ1n) is 16.1. The normalized spacial score (nSPS) is 11.9. The van der Waals surface area contributed by atoms with Gasteiger partial charge in [-0.15, -0.1) is 0 Å². The number of rotatable bonds is 16. The summed E-state index contributed by atoms with van der Waals surface area (Å²) in [4.78, 5) is 30.1. The predicted octanol–water partition coefficient (Wildman–Crippen LogP) is 6.01. The Morgan fingerprint density at radius 1 is 0.833 bits per heavy atom. The summed E-state index contributed by atoms with van der Waals surface area (Å²) in [7, 11) is -2.67. The molecule has 1 N–H and O–H groups in total. The average molecular weight is 672 g/mol. The van der Waals surface area contributed by atoms with Crippen LogP contribution < -0.4 is 19.1 Å². The van der Waals surface area contributed by atoms with E-state index in [0.29, 0.717) is 30.3 Å². The largest absolute Gasteiger partial charge is 0.497 e. The molecule has 48 heavy (non-hydrogen) atoms. The summed E-state index contributed by atoms with van der Waals surface area (Å²) in [5.41, 5.74) is 2.86. The molecule has 0 heterocycles. The molecule has 9 nitrogen and oxygen atoms in total. The Balaban J connectivity index is 1.80. The van der Waals surface area contributed by atoms with Crippen LogP contribution in [0.2, 0.25) is 0 Å². The van der Waals surface area contributed by atoms with Gasteiger partial charge in [-0.1, -0.05) is 74.0 Å². The zero-order valence-electron chi connectivity index (χ0n) is 28.3. The van der Waals surface area contributed by atoms with E-state index in [0.717, 1.165) is 21.0 Å². The van der Waals surface area contributed by atoms with E-state index >= 15 is 0 Å². The lowest BCUT2D eigenvalue weighted by atomic mass is 10.0. The van der Waals surface area contributed by atoms with E-state index < -0.39 is 28.5 Å². The first-order chi connectivity index (χ1) is 23.0. The van der Waals surface area contributed by atoms with Gasteiger partial charge in [-0.25, -0.2) is 8.42 Å². The van der Waals surface area contributed by atoms with Crippen LogP contribution in [0, 0.1) is 12.8 Å². The topological polar surface area (TPSA) is 105 Å². The monoisotopic (exact) mass is 671 g/mol. The van der Waals surface area contributed by atoms with Crippen LogP contribution >= 0.6 is 0 Å².